The molecule has 2 heterocycles. The molecule has 0 bridgehead atoms. The summed E-state index contributed by atoms with van der Waals surface area (Å²) in [7, 11) is 0. The number of H-pyrrole nitrogens is 1. The number of rotatable bonds is 3. The minimum atomic E-state index is 0.0638. The molecule has 2 aromatic heterocycles. The minimum Gasteiger partial charge on any atom is -0.363 e. The number of benzene rings is 1. The second kappa shape index (κ2) is 5.02. The van der Waals surface area contributed by atoms with Crippen molar-refractivity contribution in [3.63, 3.8) is 0 Å². The fraction of sp³-hybridized carbons (Fsp3) is 0.133. The molecule has 0 saturated heterocycles. The molecule has 0 radical (unpaired) electrons. The fourth-order valence-corrected chi connectivity index (χ4v) is 2.14. The molecule has 0 spiro atoms. The molecule has 0 amide bonds. The van der Waals surface area contributed by atoms with Crippen molar-refractivity contribution >= 4 is 16.7 Å². The van der Waals surface area contributed by atoms with Crippen LogP contribution in [0.2, 0.25) is 0 Å². The van der Waals surface area contributed by atoms with Crippen LogP contribution in [-0.4, -0.2) is 15.2 Å². The van der Waals surface area contributed by atoms with E-state index in [9.17, 15) is 5.26 Å². The van der Waals surface area contributed by atoms with E-state index in [4.69, 9.17) is 0 Å². The van der Waals surface area contributed by atoms with Gasteiger partial charge in [0.25, 0.3) is 0 Å². The zero-order valence-corrected chi connectivity index (χ0v) is 11.0. The molecule has 1 aromatic carbocycles. The zero-order valence-electron chi connectivity index (χ0n) is 11.0. The molecule has 1 unspecified atom stereocenters. The van der Waals surface area contributed by atoms with Crippen LogP contribution in [0.25, 0.3) is 10.9 Å². The van der Waals surface area contributed by atoms with Crippen LogP contribution in [0.5, 0.6) is 0 Å². The van der Waals surface area contributed by atoms with Crippen LogP contribution >= 0.6 is 0 Å². The van der Waals surface area contributed by atoms with Gasteiger partial charge >= 0.3 is 0 Å². The molecule has 1 atom stereocenters. The van der Waals surface area contributed by atoms with Gasteiger partial charge in [-0.25, -0.2) is 4.98 Å². The highest BCUT2D eigenvalue weighted by molar-refractivity contribution is 5.86. The summed E-state index contributed by atoms with van der Waals surface area (Å²) in [6.45, 7) is 2.02. The van der Waals surface area contributed by atoms with Crippen molar-refractivity contribution in [2.75, 3.05) is 5.32 Å². The van der Waals surface area contributed by atoms with Gasteiger partial charge in [-0.05, 0) is 19.1 Å². The lowest BCUT2D eigenvalue weighted by Crippen LogP contribution is -2.07. The first kappa shape index (κ1) is 12.2. The minimum absolute atomic E-state index is 0.0638. The number of nitrogens with one attached hydrogen (secondary N) is 2. The third-order valence-electron chi connectivity index (χ3n) is 3.22. The first-order valence-corrected chi connectivity index (χ1v) is 6.33. The Hall–Kier alpha value is -2.87. The molecule has 0 saturated carbocycles. The highest BCUT2D eigenvalue weighted by atomic mass is 15.1. The van der Waals surface area contributed by atoms with Gasteiger partial charge in [-0.3, -0.25) is 5.10 Å². The number of hydrogen-bond donors (Lipinski definition) is 2. The highest BCUT2D eigenvalue weighted by Gasteiger charge is 2.09. The topological polar surface area (TPSA) is 77.4 Å². The van der Waals surface area contributed by atoms with Crippen molar-refractivity contribution < 1.29 is 0 Å². The SMILES string of the molecule is CC(Nc1cc(C#N)c2ccccc2n1)c1cn[nH]c1. The van der Waals surface area contributed by atoms with E-state index in [0.717, 1.165) is 16.5 Å². The predicted octanol–water partition coefficient (Wildman–Crippen LogP) is 3.00. The standard InChI is InChI=1S/C15H13N5/c1-10(12-8-17-18-9-12)19-15-6-11(7-16)13-4-2-3-5-14(13)20-15/h2-6,8-10H,1H3,(H,17,18)(H,19,20). The van der Waals surface area contributed by atoms with E-state index >= 15 is 0 Å². The van der Waals surface area contributed by atoms with Crippen molar-refractivity contribution in [3.8, 4) is 6.07 Å². The van der Waals surface area contributed by atoms with Crippen molar-refractivity contribution in [3.05, 3.63) is 53.9 Å². The number of fused-ring (bicyclic) bond motifs is 1. The maximum atomic E-state index is 9.26. The van der Waals surface area contributed by atoms with Gasteiger partial charge in [0.05, 0.1) is 29.4 Å². The summed E-state index contributed by atoms with van der Waals surface area (Å²) in [6, 6.07) is 11.7. The summed E-state index contributed by atoms with van der Waals surface area (Å²) >= 11 is 0. The number of pyridine rings is 1. The largest absolute Gasteiger partial charge is 0.363 e. The summed E-state index contributed by atoms with van der Waals surface area (Å²) in [5.41, 5.74) is 2.48. The summed E-state index contributed by atoms with van der Waals surface area (Å²) in [6.07, 6.45) is 3.60. The normalized spacial score (nSPS) is 12.0. The summed E-state index contributed by atoms with van der Waals surface area (Å²) in [4.78, 5) is 4.54. The van der Waals surface area contributed by atoms with Gasteiger partial charge in [0.1, 0.15) is 5.82 Å². The van der Waals surface area contributed by atoms with E-state index in [2.05, 4.69) is 26.6 Å². The van der Waals surface area contributed by atoms with Gasteiger partial charge in [0.15, 0.2) is 0 Å². The number of nitrogens with zero attached hydrogens (tertiary/aromatic N) is 3. The number of hydrogen-bond acceptors (Lipinski definition) is 4. The molecule has 3 aromatic rings. The maximum Gasteiger partial charge on any atom is 0.128 e. The van der Waals surface area contributed by atoms with Crippen LogP contribution in [0.1, 0.15) is 24.1 Å². The Kier molecular flexibility index (Phi) is 3.05. The number of anilines is 1. The average molecular weight is 263 g/mol. The molecule has 5 heteroatoms. The Morgan fingerprint density at radius 3 is 2.95 bits per heavy atom. The van der Waals surface area contributed by atoms with E-state index < -0.39 is 0 Å². The number of aromatic amines is 1. The number of aromatic nitrogens is 3. The molecule has 0 fully saturated rings. The zero-order chi connectivity index (χ0) is 13.9. The van der Waals surface area contributed by atoms with Crippen LogP contribution < -0.4 is 5.32 Å². The molecule has 0 aliphatic rings. The van der Waals surface area contributed by atoms with Gasteiger partial charge in [0.2, 0.25) is 0 Å². The third-order valence-corrected chi connectivity index (χ3v) is 3.22. The first-order valence-electron chi connectivity index (χ1n) is 6.33. The molecule has 0 aliphatic carbocycles. The first-order chi connectivity index (χ1) is 9.78. The Balaban J connectivity index is 1.98. The van der Waals surface area contributed by atoms with Gasteiger partial charge in [-0.2, -0.15) is 10.4 Å². The van der Waals surface area contributed by atoms with Gasteiger partial charge in [-0.1, -0.05) is 18.2 Å². The Morgan fingerprint density at radius 2 is 2.20 bits per heavy atom. The molecular weight excluding hydrogens is 250 g/mol. The molecule has 2 N–H and O–H groups in total. The molecular formula is C15H13N5. The van der Waals surface area contributed by atoms with E-state index in [0.29, 0.717) is 11.4 Å². The van der Waals surface area contributed by atoms with Crippen LogP contribution in [0, 0.1) is 11.3 Å². The predicted molar refractivity (Wildman–Crippen MR) is 77.1 cm³/mol. The molecule has 0 aliphatic heterocycles. The number of para-hydroxylation sites is 1. The maximum absolute atomic E-state index is 9.26. The Bertz CT molecular complexity index is 771. The van der Waals surface area contributed by atoms with E-state index in [1.54, 1.807) is 12.3 Å². The monoisotopic (exact) mass is 263 g/mol. The lowest BCUT2D eigenvalue weighted by Gasteiger charge is -2.13. The summed E-state index contributed by atoms with van der Waals surface area (Å²) < 4.78 is 0. The smallest absolute Gasteiger partial charge is 0.128 e. The van der Waals surface area contributed by atoms with E-state index in [-0.39, 0.29) is 6.04 Å². The van der Waals surface area contributed by atoms with Gasteiger partial charge < -0.3 is 5.32 Å². The number of nitriles is 1. The van der Waals surface area contributed by atoms with E-state index in [1.165, 1.54) is 0 Å². The van der Waals surface area contributed by atoms with Crippen LogP contribution in [-0.2, 0) is 0 Å². The molecule has 5 nitrogen and oxygen atoms in total. The average Bonchev–Trinajstić information content (AvgIpc) is 3.00. The Labute approximate surface area is 116 Å². The Morgan fingerprint density at radius 1 is 1.35 bits per heavy atom. The second-order valence-corrected chi connectivity index (χ2v) is 4.58. The van der Waals surface area contributed by atoms with Crippen molar-refractivity contribution in [2.45, 2.75) is 13.0 Å². The van der Waals surface area contributed by atoms with Gasteiger partial charge in [0, 0.05) is 17.1 Å². The fourth-order valence-electron chi connectivity index (χ4n) is 2.14. The lowest BCUT2D eigenvalue weighted by atomic mass is 10.1. The second-order valence-electron chi connectivity index (χ2n) is 4.58. The molecule has 20 heavy (non-hydrogen) atoms. The van der Waals surface area contributed by atoms with Crippen LogP contribution in [0.4, 0.5) is 5.82 Å². The van der Waals surface area contributed by atoms with Crippen molar-refractivity contribution in [1.29, 1.82) is 5.26 Å². The summed E-state index contributed by atoms with van der Waals surface area (Å²) in [5, 5.41) is 20.1. The lowest BCUT2D eigenvalue weighted by molar-refractivity contribution is 0.877. The van der Waals surface area contributed by atoms with Crippen LogP contribution in [0.15, 0.2) is 42.7 Å². The molecule has 98 valence electrons. The summed E-state index contributed by atoms with van der Waals surface area (Å²) in [5.74, 6) is 0.689. The quantitative estimate of drug-likeness (QED) is 0.761. The van der Waals surface area contributed by atoms with Crippen molar-refractivity contribution in [2.24, 2.45) is 0 Å². The third kappa shape index (κ3) is 2.19. The van der Waals surface area contributed by atoms with Crippen LogP contribution in [0.3, 0.4) is 0 Å². The highest BCUT2D eigenvalue weighted by Crippen LogP contribution is 2.23. The molecule has 3 rings (SSSR count). The van der Waals surface area contributed by atoms with E-state index in [1.807, 2.05) is 37.4 Å². The van der Waals surface area contributed by atoms with Gasteiger partial charge in [-0.15, -0.1) is 0 Å². The van der Waals surface area contributed by atoms with Crippen molar-refractivity contribution in [1.82, 2.24) is 15.2 Å².